The van der Waals surface area contributed by atoms with Gasteiger partial charge in [-0.15, -0.1) is 0 Å². The van der Waals surface area contributed by atoms with Crippen LogP contribution >= 0.6 is 0 Å². The summed E-state index contributed by atoms with van der Waals surface area (Å²) >= 11 is 0. The average molecular weight is 439 g/mol. The number of likely N-dealkylation sites (N-methyl/N-ethyl adjacent to an activating group) is 1. The maximum absolute atomic E-state index is 13.5. The highest BCUT2D eigenvalue weighted by Crippen LogP contribution is 2.39. The third kappa shape index (κ3) is 4.80. The van der Waals surface area contributed by atoms with E-state index >= 15 is 0 Å². The molecule has 0 amide bonds. The van der Waals surface area contributed by atoms with Gasteiger partial charge in [0.25, 0.3) is 0 Å². The Morgan fingerprint density at radius 2 is 1.47 bits per heavy atom. The maximum atomic E-state index is 13.5. The number of nitrogens with zero attached hydrogens (tertiary/aromatic N) is 2. The number of nitrogens with one attached hydrogen (secondary N) is 2. The summed E-state index contributed by atoms with van der Waals surface area (Å²) in [6.07, 6.45) is 5.34. The van der Waals surface area contributed by atoms with E-state index in [0.29, 0.717) is 24.2 Å². The standard InChI is InChI=1S/C25H34N4O3/c1-28(2)15-11-26-20-7-8-21(27-12-16-29-13-9-17(30)10-14-29)23-22(20)24(31)18-5-3-4-6-19(18)25(23)32/h3-8,17,22-23,26-27,30H,9-16H2,1-2H3. The average Bonchev–Trinajstić information content (AvgIpc) is 2.79. The highest BCUT2D eigenvalue weighted by atomic mass is 16.3. The molecule has 172 valence electrons. The van der Waals surface area contributed by atoms with Crippen molar-refractivity contribution in [3.05, 3.63) is 58.9 Å². The molecule has 1 aromatic rings. The zero-order chi connectivity index (χ0) is 22.7. The topological polar surface area (TPSA) is 84.9 Å². The molecule has 0 saturated carbocycles. The Morgan fingerprint density at radius 1 is 0.938 bits per heavy atom. The van der Waals surface area contributed by atoms with E-state index in [0.717, 1.165) is 50.4 Å². The van der Waals surface area contributed by atoms with Crippen LogP contribution < -0.4 is 10.6 Å². The minimum atomic E-state index is -0.521. The molecule has 1 saturated heterocycles. The van der Waals surface area contributed by atoms with Gasteiger partial charge in [0.2, 0.25) is 0 Å². The van der Waals surface area contributed by atoms with Crippen LogP contribution in [0.5, 0.6) is 0 Å². The summed E-state index contributed by atoms with van der Waals surface area (Å²) in [5, 5.41) is 16.6. The van der Waals surface area contributed by atoms with Crippen LogP contribution in [0.15, 0.2) is 47.8 Å². The Hall–Kier alpha value is -2.48. The summed E-state index contributed by atoms with van der Waals surface area (Å²) in [6, 6.07) is 7.17. The van der Waals surface area contributed by atoms with E-state index in [9.17, 15) is 14.7 Å². The molecule has 2 aliphatic carbocycles. The highest BCUT2D eigenvalue weighted by molar-refractivity contribution is 6.18. The molecule has 4 rings (SSSR count). The van der Waals surface area contributed by atoms with Crippen LogP contribution in [0.4, 0.5) is 0 Å². The first-order valence-corrected chi connectivity index (χ1v) is 11.6. The Labute approximate surface area is 190 Å². The zero-order valence-corrected chi connectivity index (χ0v) is 19.0. The van der Waals surface area contributed by atoms with Crippen LogP contribution in [-0.4, -0.2) is 85.9 Å². The van der Waals surface area contributed by atoms with E-state index in [4.69, 9.17) is 0 Å². The van der Waals surface area contributed by atoms with Crippen molar-refractivity contribution in [3.63, 3.8) is 0 Å². The lowest BCUT2D eigenvalue weighted by molar-refractivity contribution is 0.0769. The van der Waals surface area contributed by atoms with Crippen molar-refractivity contribution in [2.75, 3.05) is 53.4 Å². The Bertz CT molecular complexity index is 916. The Balaban J connectivity index is 1.52. The van der Waals surface area contributed by atoms with Crippen LogP contribution in [-0.2, 0) is 0 Å². The molecule has 0 spiro atoms. The molecule has 1 fully saturated rings. The molecule has 7 heteroatoms. The largest absolute Gasteiger partial charge is 0.393 e. The van der Waals surface area contributed by atoms with Gasteiger partial charge < -0.3 is 25.5 Å². The van der Waals surface area contributed by atoms with Gasteiger partial charge in [0.1, 0.15) is 0 Å². The zero-order valence-electron chi connectivity index (χ0n) is 19.0. The van der Waals surface area contributed by atoms with Crippen molar-refractivity contribution in [2.24, 2.45) is 11.8 Å². The number of ketones is 2. The van der Waals surface area contributed by atoms with Crippen molar-refractivity contribution in [1.82, 2.24) is 20.4 Å². The number of carbonyl (C=O) groups excluding carboxylic acids is 2. The fourth-order valence-electron chi connectivity index (χ4n) is 4.84. The molecule has 2 unspecified atom stereocenters. The van der Waals surface area contributed by atoms with E-state index in [1.54, 1.807) is 12.1 Å². The van der Waals surface area contributed by atoms with Crippen molar-refractivity contribution < 1.29 is 14.7 Å². The third-order valence-electron chi connectivity index (χ3n) is 6.67. The van der Waals surface area contributed by atoms with Crippen LogP contribution in [0.3, 0.4) is 0 Å². The third-order valence-corrected chi connectivity index (χ3v) is 6.67. The molecule has 1 aliphatic heterocycles. The van der Waals surface area contributed by atoms with Gasteiger partial charge in [0.15, 0.2) is 11.6 Å². The second-order valence-electron chi connectivity index (χ2n) is 9.20. The molecule has 32 heavy (non-hydrogen) atoms. The summed E-state index contributed by atoms with van der Waals surface area (Å²) in [4.78, 5) is 31.4. The maximum Gasteiger partial charge on any atom is 0.173 e. The number of carbonyl (C=O) groups is 2. The number of rotatable bonds is 8. The number of benzene rings is 1. The quantitative estimate of drug-likeness (QED) is 0.564. The molecule has 7 nitrogen and oxygen atoms in total. The van der Waals surface area contributed by atoms with Crippen molar-refractivity contribution in [2.45, 2.75) is 18.9 Å². The number of likely N-dealkylation sites (tertiary alicyclic amines) is 1. The number of hydrogen-bond donors (Lipinski definition) is 3. The minimum absolute atomic E-state index is 0.00468. The number of hydrogen-bond acceptors (Lipinski definition) is 7. The second kappa shape index (κ2) is 9.98. The summed E-state index contributed by atoms with van der Waals surface area (Å²) in [7, 11) is 4.02. The smallest absolute Gasteiger partial charge is 0.173 e. The van der Waals surface area contributed by atoms with Crippen molar-refractivity contribution in [3.8, 4) is 0 Å². The number of Topliss-reactive ketones (excluding diaryl/α,β-unsaturated/α-hetero) is 2. The lowest BCUT2D eigenvalue weighted by Gasteiger charge is -2.37. The molecule has 2 atom stereocenters. The predicted molar refractivity (Wildman–Crippen MR) is 124 cm³/mol. The molecular formula is C25H34N4O3. The first kappa shape index (κ1) is 22.7. The highest BCUT2D eigenvalue weighted by Gasteiger charge is 2.46. The minimum Gasteiger partial charge on any atom is -0.393 e. The number of aliphatic hydroxyl groups is 1. The normalized spacial score (nSPS) is 24.0. The summed E-state index contributed by atoms with van der Waals surface area (Å²) in [5.74, 6) is -1.03. The van der Waals surface area contributed by atoms with Crippen molar-refractivity contribution >= 4 is 11.6 Å². The SMILES string of the molecule is CN(C)CCNC1=CC=C(NCCN2CCC(O)CC2)C2C(=O)c3ccccc3C(=O)C12. The lowest BCUT2D eigenvalue weighted by Crippen LogP contribution is -2.47. The van der Waals surface area contributed by atoms with Crippen LogP contribution in [0.25, 0.3) is 0 Å². The summed E-state index contributed by atoms with van der Waals surface area (Å²) in [5.41, 5.74) is 2.68. The van der Waals surface area contributed by atoms with Gasteiger partial charge in [-0.3, -0.25) is 9.59 Å². The lowest BCUT2D eigenvalue weighted by atomic mass is 9.69. The molecule has 3 N–H and O–H groups in total. The van der Waals surface area contributed by atoms with E-state index < -0.39 is 11.8 Å². The molecule has 0 bridgehead atoms. The molecule has 1 aromatic carbocycles. The Morgan fingerprint density at radius 3 is 2.00 bits per heavy atom. The van der Waals surface area contributed by atoms with Crippen LogP contribution in [0, 0.1) is 11.8 Å². The van der Waals surface area contributed by atoms with Crippen LogP contribution in [0.1, 0.15) is 33.6 Å². The van der Waals surface area contributed by atoms with Crippen molar-refractivity contribution in [1.29, 1.82) is 0 Å². The number of allylic oxidation sites excluding steroid dienone is 4. The number of piperidine rings is 1. The van der Waals surface area contributed by atoms with Gasteiger partial charge in [-0.1, -0.05) is 24.3 Å². The molecule has 0 aromatic heterocycles. The van der Waals surface area contributed by atoms with Gasteiger partial charge in [-0.05, 0) is 39.1 Å². The number of aliphatic hydroxyl groups excluding tert-OH is 1. The molecule has 3 aliphatic rings. The molecule has 1 heterocycles. The number of fused-ring (bicyclic) bond motifs is 2. The van der Waals surface area contributed by atoms with E-state index in [1.807, 2.05) is 38.4 Å². The van der Waals surface area contributed by atoms with Gasteiger partial charge in [0, 0.05) is 61.8 Å². The fraction of sp³-hybridized carbons (Fsp3) is 0.520. The predicted octanol–water partition coefficient (Wildman–Crippen LogP) is 1.28. The Kier molecular flexibility index (Phi) is 7.08. The first-order valence-electron chi connectivity index (χ1n) is 11.6. The van der Waals surface area contributed by atoms with Gasteiger partial charge >= 0.3 is 0 Å². The van der Waals surface area contributed by atoms with E-state index in [-0.39, 0.29) is 17.7 Å². The molecule has 0 radical (unpaired) electrons. The van der Waals surface area contributed by atoms with E-state index in [2.05, 4.69) is 20.4 Å². The van der Waals surface area contributed by atoms with Crippen LogP contribution in [0.2, 0.25) is 0 Å². The summed E-state index contributed by atoms with van der Waals surface area (Å²) in [6.45, 7) is 4.87. The first-order chi connectivity index (χ1) is 15.5. The van der Waals surface area contributed by atoms with Gasteiger partial charge in [0.05, 0.1) is 17.9 Å². The molecular weight excluding hydrogens is 404 g/mol. The monoisotopic (exact) mass is 438 g/mol. The van der Waals surface area contributed by atoms with E-state index in [1.165, 1.54) is 0 Å². The van der Waals surface area contributed by atoms with Gasteiger partial charge in [-0.25, -0.2) is 0 Å². The van der Waals surface area contributed by atoms with Gasteiger partial charge in [-0.2, -0.15) is 0 Å². The second-order valence-corrected chi connectivity index (χ2v) is 9.20. The summed E-state index contributed by atoms with van der Waals surface area (Å²) < 4.78 is 0. The fourth-order valence-corrected chi connectivity index (χ4v) is 4.84.